The Labute approximate surface area is 127 Å². The Morgan fingerprint density at radius 1 is 1.20 bits per heavy atom. The minimum Gasteiger partial charge on any atom is -0.265 e. The standard InChI is InChI=1S/C14H15BrN2O2S/c1-11-2-3-14(13(15)10-11)20(18,19)17-9-6-12-4-7-16-8-5-12/h2-5,7-8,10,17H,6,9H2,1H3. The molecule has 0 saturated carbocycles. The normalized spacial score (nSPS) is 11.5. The zero-order valence-corrected chi connectivity index (χ0v) is 13.4. The van der Waals surface area contributed by atoms with E-state index in [4.69, 9.17) is 0 Å². The summed E-state index contributed by atoms with van der Waals surface area (Å²) in [5.74, 6) is 0. The predicted molar refractivity (Wildman–Crippen MR) is 82.0 cm³/mol. The Hall–Kier alpha value is -1.24. The Bertz CT molecular complexity index is 688. The fourth-order valence-electron chi connectivity index (χ4n) is 1.78. The molecule has 2 rings (SSSR count). The molecule has 0 saturated heterocycles. The highest BCUT2D eigenvalue weighted by Crippen LogP contribution is 2.22. The molecule has 4 nitrogen and oxygen atoms in total. The lowest BCUT2D eigenvalue weighted by atomic mass is 10.2. The first-order chi connectivity index (χ1) is 9.49. The van der Waals surface area contributed by atoms with Gasteiger partial charge < -0.3 is 0 Å². The quantitative estimate of drug-likeness (QED) is 0.897. The van der Waals surface area contributed by atoms with Crippen molar-refractivity contribution >= 4 is 26.0 Å². The number of nitrogens with one attached hydrogen (secondary N) is 1. The molecule has 106 valence electrons. The van der Waals surface area contributed by atoms with Crippen molar-refractivity contribution < 1.29 is 8.42 Å². The number of aryl methyl sites for hydroxylation is 1. The number of aromatic nitrogens is 1. The second-order valence-electron chi connectivity index (χ2n) is 4.44. The molecule has 2 aromatic rings. The molecule has 0 aliphatic carbocycles. The average molecular weight is 355 g/mol. The zero-order valence-electron chi connectivity index (χ0n) is 11.0. The average Bonchev–Trinajstić information content (AvgIpc) is 2.39. The number of rotatable bonds is 5. The fraction of sp³-hybridized carbons (Fsp3) is 0.214. The van der Waals surface area contributed by atoms with E-state index in [2.05, 4.69) is 25.6 Å². The summed E-state index contributed by atoms with van der Waals surface area (Å²) in [6.45, 7) is 2.27. The third kappa shape index (κ3) is 3.88. The molecule has 0 amide bonds. The van der Waals surface area contributed by atoms with Gasteiger partial charge in [-0.3, -0.25) is 4.98 Å². The van der Waals surface area contributed by atoms with Crippen LogP contribution in [0.1, 0.15) is 11.1 Å². The molecule has 0 atom stereocenters. The van der Waals surface area contributed by atoms with Gasteiger partial charge in [0.05, 0.1) is 4.90 Å². The SMILES string of the molecule is Cc1ccc(S(=O)(=O)NCCc2ccncc2)c(Br)c1. The van der Waals surface area contributed by atoms with Gasteiger partial charge in [0, 0.05) is 23.4 Å². The minimum atomic E-state index is -3.49. The molecule has 0 spiro atoms. The van der Waals surface area contributed by atoms with Crippen LogP contribution in [0.3, 0.4) is 0 Å². The number of benzene rings is 1. The van der Waals surface area contributed by atoms with Gasteiger partial charge in [0.2, 0.25) is 10.0 Å². The maximum Gasteiger partial charge on any atom is 0.241 e. The molecule has 0 aliphatic heterocycles. The smallest absolute Gasteiger partial charge is 0.241 e. The first-order valence-corrected chi connectivity index (χ1v) is 8.41. The van der Waals surface area contributed by atoms with Gasteiger partial charge in [0.1, 0.15) is 0 Å². The van der Waals surface area contributed by atoms with Crippen molar-refractivity contribution in [2.75, 3.05) is 6.54 Å². The summed E-state index contributed by atoms with van der Waals surface area (Å²) in [4.78, 5) is 4.19. The molecular weight excluding hydrogens is 340 g/mol. The molecule has 0 unspecified atom stereocenters. The Kier molecular flexibility index (Phi) is 4.91. The third-order valence-electron chi connectivity index (χ3n) is 2.83. The lowest BCUT2D eigenvalue weighted by Crippen LogP contribution is -2.26. The van der Waals surface area contributed by atoms with Gasteiger partial charge in [0.15, 0.2) is 0 Å². The van der Waals surface area contributed by atoms with Crippen LogP contribution in [0.15, 0.2) is 52.1 Å². The summed E-state index contributed by atoms with van der Waals surface area (Å²) in [6, 6.07) is 8.92. The Balaban J connectivity index is 2.04. The molecule has 0 aliphatic rings. The van der Waals surface area contributed by atoms with Crippen molar-refractivity contribution in [1.82, 2.24) is 9.71 Å². The van der Waals surface area contributed by atoms with Crippen LogP contribution in [-0.2, 0) is 16.4 Å². The van der Waals surface area contributed by atoms with Crippen molar-refractivity contribution in [2.24, 2.45) is 0 Å². The molecule has 0 radical (unpaired) electrons. The lowest BCUT2D eigenvalue weighted by molar-refractivity contribution is 0.581. The van der Waals surface area contributed by atoms with Crippen LogP contribution in [0.2, 0.25) is 0 Å². The number of sulfonamides is 1. The highest BCUT2D eigenvalue weighted by Gasteiger charge is 2.16. The van der Waals surface area contributed by atoms with Gasteiger partial charge in [-0.15, -0.1) is 0 Å². The van der Waals surface area contributed by atoms with E-state index in [-0.39, 0.29) is 4.90 Å². The van der Waals surface area contributed by atoms with Crippen LogP contribution in [-0.4, -0.2) is 19.9 Å². The van der Waals surface area contributed by atoms with Crippen LogP contribution in [0.5, 0.6) is 0 Å². The molecule has 1 N–H and O–H groups in total. The summed E-state index contributed by atoms with van der Waals surface area (Å²) in [7, 11) is -3.49. The summed E-state index contributed by atoms with van der Waals surface area (Å²) in [6.07, 6.45) is 4.02. The maximum absolute atomic E-state index is 12.2. The second kappa shape index (κ2) is 6.47. The highest BCUT2D eigenvalue weighted by molar-refractivity contribution is 9.10. The van der Waals surface area contributed by atoms with Crippen LogP contribution in [0.4, 0.5) is 0 Å². The van der Waals surface area contributed by atoms with Crippen LogP contribution in [0.25, 0.3) is 0 Å². The van der Waals surface area contributed by atoms with Crippen molar-refractivity contribution in [3.8, 4) is 0 Å². The van der Waals surface area contributed by atoms with Gasteiger partial charge in [-0.05, 0) is 64.7 Å². The lowest BCUT2D eigenvalue weighted by Gasteiger charge is -2.09. The maximum atomic E-state index is 12.2. The molecule has 1 aromatic carbocycles. The fourth-order valence-corrected chi connectivity index (χ4v) is 4.00. The van der Waals surface area contributed by atoms with E-state index >= 15 is 0 Å². The monoisotopic (exact) mass is 354 g/mol. The number of halogens is 1. The van der Waals surface area contributed by atoms with Crippen molar-refractivity contribution in [3.05, 3.63) is 58.3 Å². The molecule has 1 heterocycles. The first kappa shape index (κ1) is 15.2. The van der Waals surface area contributed by atoms with E-state index < -0.39 is 10.0 Å². The van der Waals surface area contributed by atoms with Crippen molar-refractivity contribution in [1.29, 1.82) is 0 Å². The van der Waals surface area contributed by atoms with Crippen LogP contribution < -0.4 is 4.72 Å². The second-order valence-corrected chi connectivity index (χ2v) is 7.03. The molecule has 1 aromatic heterocycles. The van der Waals surface area contributed by atoms with Crippen LogP contribution in [0, 0.1) is 6.92 Å². The minimum absolute atomic E-state index is 0.262. The largest absolute Gasteiger partial charge is 0.265 e. The van der Waals surface area contributed by atoms with E-state index in [0.29, 0.717) is 17.4 Å². The molecule has 0 fully saturated rings. The number of hydrogen-bond donors (Lipinski definition) is 1. The Morgan fingerprint density at radius 3 is 2.55 bits per heavy atom. The first-order valence-electron chi connectivity index (χ1n) is 6.14. The topological polar surface area (TPSA) is 59.1 Å². The predicted octanol–water partition coefficient (Wildman–Crippen LogP) is 2.67. The van der Waals surface area contributed by atoms with Gasteiger partial charge in [0.25, 0.3) is 0 Å². The zero-order chi connectivity index (χ0) is 14.6. The summed E-state index contributed by atoms with van der Waals surface area (Å²) >= 11 is 3.29. The van der Waals surface area contributed by atoms with Crippen molar-refractivity contribution in [3.63, 3.8) is 0 Å². The number of hydrogen-bond acceptors (Lipinski definition) is 3. The summed E-state index contributed by atoms with van der Waals surface area (Å²) in [5, 5.41) is 0. The molecule has 20 heavy (non-hydrogen) atoms. The third-order valence-corrected chi connectivity index (χ3v) is 5.27. The van der Waals surface area contributed by atoms with E-state index in [1.807, 2.05) is 19.1 Å². The van der Waals surface area contributed by atoms with Crippen molar-refractivity contribution in [2.45, 2.75) is 18.2 Å². The van der Waals surface area contributed by atoms with E-state index in [1.165, 1.54) is 0 Å². The van der Waals surface area contributed by atoms with E-state index in [9.17, 15) is 8.42 Å². The van der Waals surface area contributed by atoms with Gasteiger partial charge in [-0.1, -0.05) is 6.07 Å². The molecule has 0 bridgehead atoms. The number of pyridine rings is 1. The van der Waals surface area contributed by atoms with Gasteiger partial charge in [-0.25, -0.2) is 13.1 Å². The highest BCUT2D eigenvalue weighted by atomic mass is 79.9. The Morgan fingerprint density at radius 2 is 1.90 bits per heavy atom. The number of nitrogens with zero attached hydrogens (tertiary/aromatic N) is 1. The van der Waals surface area contributed by atoms with Gasteiger partial charge in [-0.2, -0.15) is 0 Å². The molecule has 6 heteroatoms. The summed E-state index contributed by atoms with van der Waals surface area (Å²) in [5.41, 5.74) is 2.05. The summed E-state index contributed by atoms with van der Waals surface area (Å²) < 4.78 is 27.6. The molecular formula is C14H15BrN2O2S. The van der Waals surface area contributed by atoms with E-state index in [1.54, 1.807) is 30.6 Å². The van der Waals surface area contributed by atoms with Gasteiger partial charge >= 0.3 is 0 Å². The van der Waals surface area contributed by atoms with Crippen LogP contribution >= 0.6 is 15.9 Å². The van der Waals surface area contributed by atoms with E-state index in [0.717, 1.165) is 11.1 Å².